The Morgan fingerprint density at radius 2 is 2.16 bits per heavy atom. The average molecular weight is 271 g/mol. The fourth-order valence-corrected chi connectivity index (χ4v) is 2.89. The van der Waals surface area contributed by atoms with Crippen molar-refractivity contribution < 1.29 is 4.79 Å². The predicted molar refractivity (Wildman–Crippen MR) is 75.6 cm³/mol. The lowest BCUT2D eigenvalue weighted by Gasteiger charge is -2.01. The number of ketones is 1. The number of fused-ring (bicyclic) bond motifs is 1. The molecule has 0 radical (unpaired) electrons. The van der Waals surface area contributed by atoms with Crippen LogP contribution in [0.25, 0.3) is 11.0 Å². The molecule has 0 bridgehead atoms. The summed E-state index contributed by atoms with van der Waals surface area (Å²) in [4.78, 5) is 21.6. The Hall–Kier alpha value is -2.01. The Morgan fingerprint density at radius 3 is 2.84 bits per heavy atom. The van der Waals surface area contributed by atoms with E-state index < -0.39 is 0 Å². The van der Waals surface area contributed by atoms with Gasteiger partial charge in [-0.1, -0.05) is 12.1 Å². The van der Waals surface area contributed by atoms with Gasteiger partial charge in [0.05, 0.1) is 33.5 Å². The zero-order valence-electron chi connectivity index (χ0n) is 10.8. The number of imidazole rings is 1. The van der Waals surface area contributed by atoms with E-state index in [1.54, 1.807) is 5.51 Å². The highest BCUT2D eigenvalue weighted by atomic mass is 32.1. The molecular weight excluding hydrogens is 258 g/mol. The zero-order chi connectivity index (χ0) is 13.4. The van der Waals surface area contributed by atoms with Crippen molar-refractivity contribution in [3.8, 4) is 0 Å². The molecule has 0 saturated carbocycles. The van der Waals surface area contributed by atoms with E-state index in [-0.39, 0.29) is 5.78 Å². The summed E-state index contributed by atoms with van der Waals surface area (Å²) in [6.45, 7) is 1.86. The van der Waals surface area contributed by atoms with Gasteiger partial charge in [-0.3, -0.25) is 4.79 Å². The third-order valence-electron chi connectivity index (χ3n) is 3.20. The zero-order valence-corrected chi connectivity index (χ0v) is 11.6. The summed E-state index contributed by atoms with van der Waals surface area (Å²) < 4.78 is 1.98. The van der Waals surface area contributed by atoms with E-state index in [2.05, 4.69) is 9.97 Å². The summed E-state index contributed by atoms with van der Waals surface area (Å²) in [5.41, 5.74) is 4.48. The van der Waals surface area contributed by atoms with E-state index in [9.17, 15) is 4.79 Å². The van der Waals surface area contributed by atoms with E-state index in [0.717, 1.165) is 27.4 Å². The van der Waals surface area contributed by atoms with Crippen molar-refractivity contribution in [2.24, 2.45) is 7.05 Å². The minimum absolute atomic E-state index is 0.0819. The van der Waals surface area contributed by atoms with Gasteiger partial charge in [-0.15, -0.1) is 11.3 Å². The highest BCUT2D eigenvalue weighted by Crippen LogP contribution is 2.18. The number of nitrogens with zero attached hydrogens (tertiary/aromatic N) is 3. The molecule has 0 aliphatic heterocycles. The van der Waals surface area contributed by atoms with Crippen molar-refractivity contribution in [3.63, 3.8) is 0 Å². The molecule has 0 fully saturated rings. The number of hydrogen-bond donors (Lipinski definition) is 0. The Bertz CT molecular complexity index is 757. The van der Waals surface area contributed by atoms with Crippen LogP contribution >= 0.6 is 11.3 Å². The van der Waals surface area contributed by atoms with Crippen LogP contribution in [0.5, 0.6) is 0 Å². The molecule has 5 heteroatoms. The summed E-state index contributed by atoms with van der Waals surface area (Å²) >= 11 is 1.39. The van der Waals surface area contributed by atoms with E-state index in [1.165, 1.54) is 11.3 Å². The molecule has 0 N–H and O–H groups in total. The minimum Gasteiger partial charge on any atom is -0.331 e. The van der Waals surface area contributed by atoms with Crippen molar-refractivity contribution >= 4 is 28.2 Å². The maximum atomic E-state index is 12.2. The third-order valence-corrected chi connectivity index (χ3v) is 4.17. The van der Waals surface area contributed by atoms with Crippen molar-refractivity contribution in [2.45, 2.75) is 13.3 Å². The first kappa shape index (κ1) is 12.0. The van der Waals surface area contributed by atoms with Crippen LogP contribution in [-0.4, -0.2) is 20.3 Å². The Kier molecular flexibility index (Phi) is 2.91. The SMILES string of the molecule is Cc1ncsc1C(=O)Cc1nc2ccccc2n1C. The van der Waals surface area contributed by atoms with Crippen molar-refractivity contribution in [1.82, 2.24) is 14.5 Å². The number of carbonyl (C=O) groups excluding carboxylic acids is 1. The molecule has 1 aromatic carbocycles. The molecule has 0 unspecified atom stereocenters. The number of para-hydroxylation sites is 2. The van der Waals surface area contributed by atoms with Crippen molar-refractivity contribution in [2.75, 3.05) is 0 Å². The van der Waals surface area contributed by atoms with Crippen LogP contribution in [0.2, 0.25) is 0 Å². The molecule has 0 amide bonds. The first-order valence-corrected chi connectivity index (χ1v) is 6.88. The van der Waals surface area contributed by atoms with Crippen molar-refractivity contribution in [3.05, 3.63) is 46.2 Å². The van der Waals surface area contributed by atoms with E-state index in [1.807, 2.05) is 42.8 Å². The van der Waals surface area contributed by atoms with Crippen LogP contribution in [0.4, 0.5) is 0 Å². The van der Waals surface area contributed by atoms with Gasteiger partial charge in [0.1, 0.15) is 5.82 Å². The standard InChI is InChI=1S/C14H13N3OS/c1-9-14(19-8-15-9)12(18)7-13-16-10-5-3-4-6-11(10)17(13)2/h3-6,8H,7H2,1-2H3. The molecule has 0 spiro atoms. The smallest absolute Gasteiger partial charge is 0.182 e. The fraction of sp³-hybridized carbons (Fsp3) is 0.214. The van der Waals surface area contributed by atoms with Gasteiger partial charge in [0.25, 0.3) is 0 Å². The monoisotopic (exact) mass is 271 g/mol. The molecule has 96 valence electrons. The Labute approximate surface area is 114 Å². The summed E-state index contributed by atoms with van der Waals surface area (Å²) in [7, 11) is 1.94. The summed E-state index contributed by atoms with van der Waals surface area (Å²) in [6, 6.07) is 7.90. The molecule has 2 aromatic heterocycles. The molecule has 0 aliphatic carbocycles. The van der Waals surface area contributed by atoms with E-state index >= 15 is 0 Å². The van der Waals surface area contributed by atoms with Crippen LogP contribution in [0.1, 0.15) is 21.2 Å². The van der Waals surface area contributed by atoms with Gasteiger partial charge >= 0.3 is 0 Å². The summed E-state index contributed by atoms with van der Waals surface area (Å²) in [5.74, 6) is 0.873. The maximum absolute atomic E-state index is 12.2. The van der Waals surface area contributed by atoms with Gasteiger partial charge in [-0.2, -0.15) is 0 Å². The van der Waals surface area contributed by atoms with Crippen LogP contribution < -0.4 is 0 Å². The number of hydrogen-bond acceptors (Lipinski definition) is 4. The second-order valence-corrected chi connectivity index (χ2v) is 5.30. The molecule has 3 aromatic rings. The van der Waals surface area contributed by atoms with Crippen LogP contribution in [-0.2, 0) is 13.5 Å². The number of rotatable bonds is 3. The minimum atomic E-state index is 0.0819. The van der Waals surface area contributed by atoms with Crippen LogP contribution in [0.15, 0.2) is 29.8 Å². The fourth-order valence-electron chi connectivity index (χ4n) is 2.15. The highest BCUT2D eigenvalue weighted by molar-refractivity contribution is 7.11. The largest absolute Gasteiger partial charge is 0.331 e. The molecule has 4 nitrogen and oxygen atoms in total. The molecule has 0 aliphatic rings. The number of aromatic nitrogens is 3. The molecular formula is C14H13N3OS. The molecule has 0 atom stereocenters. The first-order chi connectivity index (χ1) is 9.16. The maximum Gasteiger partial charge on any atom is 0.182 e. The molecule has 2 heterocycles. The van der Waals surface area contributed by atoms with Gasteiger partial charge in [0.15, 0.2) is 5.78 Å². The predicted octanol–water partition coefficient (Wildman–Crippen LogP) is 2.76. The van der Waals surface area contributed by atoms with Gasteiger partial charge in [-0.25, -0.2) is 9.97 Å². The number of Topliss-reactive ketones (excluding diaryl/α,β-unsaturated/α-hetero) is 1. The van der Waals surface area contributed by atoms with Gasteiger partial charge < -0.3 is 4.57 Å². The second-order valence-electron chi connectivity index (χ2n) is 4.44. The van der Waals surface area contributed by atoms with Gasteiger partial charge in [0.2, 0.25) is 0 Å². The quantitative estimate of drug-likeness (QED) is 0.688. The molecule has 19 heavy (non-hydrogen) atoms. The van der Waals surface area contributed by atoms with Crippen LogP contribution in [0.3, 0.4) is 0 Å². The lowest BCUT2D eigenvalue weighted by Crippen LogP contribution is -2.08. The van der Waals surface area contributed by atoms with E-state index in [0.29, 0.717) is 6.42 Å². The van der Waals surface area contributed by atoms with Gasteiger partial charge in [0, 0.05) is 7.05 Å². The Morgan fingerprint density at radius 1 is 1.37 bits per heavy atom. The third kappa shape index (κ3) is 2.06. The van der Waals surface area contributed by atoms with Gasteiger partial charge in [-0.05, 0) is 19.1 Å². The number of thiazole rings is 1. The normalized spacial score (nSPS) is 11.1. The lowest BCUT2D eigenvalue weighted by molar-refractivity contribution is 0.0993. The van der Waals surface area contributed by atoms with Crippen molar-refractivity contribution in [1.29, 1.82) is 0 Å². The molecule has 3 rings (SSSR count). The Balaban J connectivity index is 1.96. The van der Waals surface area contributed by atoms with Crippen LogP contribution in [0, 0.1) is 6.92 Å². The molecule has 0 saturated heterocycles. The second kappa shape index (κ2) is 4.59. The summed E-state index contributed by atoms with van der Waals surface area (Å²) in [6.07, 6.45) is 0.314. The van der Waals surface area contributed by atoms with E-state index in [4.69, 9.17) is 0 Å². The number of aryl methyl sites for hydroxylation is 2. The number of carbonyl (C=O) groups is 1. The topological polar surface area (TPSA) is 47.8 Å². The number of benzene rings is 1. The highest BCUT2D eigenvalue weighted by Gasteiger charge is 2.16. The lowest BCUT2D eigenvalue weighted by atomic mass is 10.2. The average Bonchev–Trinajstić information content (AvgIpc) is 2.95. The summed E-state index contributed by atoms with van der Waals surface area (Å²) in [5, 5.41) is 0. The first-order valence-electron chi connectivity index (χ1n) is 6.00.